The second-order valence-electron chi connectivity index (χ2n) is 9.61. The molecule has 1 atom stereocenters. The number of carbonyl (C=O) groups excluding carboxylic acids is 1. The largest absolute Gasteiger partial charge is 0.383 e. The first kappa shape index (κ1) is 25.3. The molecule has 1 aromatic carbocycles. The fraction of sp³-hybridized carbons (Fsp3) is 0.143. The second-order valence-corrected chi connectivity index (χ2v) is 9.61. The number of amides is 1. The van der Waals surface area contributed by atoms with Crippen LogP contribution in [0.25, 0.3) is 34.1 Å². The lowest BCUT2D eigenvalue weighted by Crippen LogP contribution is -2.28. The van der Waals surface area contributed by atoms with E-state index >= 15 is 0 Å². The third-order valence-electron chi connectivity index (χ3n) is 7.09. The normalized spacial score (nSPS) is 14.4. The van der Waals surface area contributed by atoms with E-state index in [1.54, 1.807) is 30.7 Å². The molecule has 7 rings (SSSR count). The van der Waals surface area contributed by atoms with Gasteiger partial charge >= 0.3 is 0 Å². The zero-order valence-electron chi connectivity index (χ0n) is 21.8. The maximum absolute atomic E-state index is 12.8. The zero-order valence-corrected chi connectivity index (χ0v) is 21.8. The molecule has 6 aromatic rings. The minimum absolute atomic E-state index is 0.0263. The van der Waals surface area contributed by atoms with Gasteiger partial charge in [-0.25, -0.2) is 28.7 Å². The Hall–Kier alpha value is -5.66. The van der Waals surface area contributed by atoms with Gasteiger partial charge in [-0.3, -0.25) is 14.3 Å². The number of nitrogens with one attached hydrogen (secondary N) is 1. The van der Waals surface area contributed by atoms with Gasteiger partial charge in [-0.1, -0.05) is 6.07 Å². The summed E-state index contributed by atoms with van der Waals surface area (Å²) in [6.07, 6.45) is 5.36. The summed E-state index contributed by atoms with van der Waals surface area (Å²) in [6.45, 7) is 0. The van der Waals surface area contributed by atoms with Crippen molar-refractivity contribution in [1.29, 1.82) is 0 Å². The molecule has 42 heavy (non-hydrogen) atoms. The zero-order chi connectivity index (χ0) is 28.8. The number of imidazole rings is 1. The highest BCUT2D eigenvalue weighted by Crippen LogP contribution is 2.36. The fourth-order valence-electron chi connectivity index (χ4n) is 5.12. The quantitative estimate of drug-likeness (QED) is 0.307. The molecule has 208 valence electrons. The average molecular weight is 566 g/mol. The number of fused-ring (bicyclic) bond motifs is 2. The molecule has 12 nitrogen and oxygen atoms in total. The number of halogens is 2. The van der Waals surface area contributed by atoms with Gasteiger partial charge in [0.1, 0.15) is 22.7 Å². The number of hydrogen-bond acceptors (Lipinski definition) is 9. The smallest absolute Gasteiger partial charge is 0.281 e. The van der Waals surface area contributed by atoms with Crippen LogP contribution in [0.2, 0.25) is 0 Å². The molecule has 1 aliphatic carbocycles. The number of anilines is 1. The van der Waals surface area contributed by atoms with Crippen LogP contribution in [0.15, 0.2) is 73.4 Å². The number of benzene rings is 1. The van der Waals surface area contributed by atoms with Crippen molar-refractivity contribution in [3.8, 4) is 22.9 Å². The Morgan fingerprint density at radius 3 is 2.62 bits per heavy atom. The molecule has 0 fully saturated rings. The molecule has 0 saturated carbocycles. The summed E-state index contributed by atoms with van der Waals surface area (Å²) in [5, 5.41) is 11.3. The fourth-order valence-corrected chi connectivity index (χ4v) is 5.12. The van der Waals surface area contributed by atoms with E-state index in [-0.39, 0.29) is 11.7 Å². The van der Waals surface area contributed by atoms with Crippen LogP contribution in [0.5, 0.6) is 0 Å². The number of carbonyl (C=O) groups is 1. The summed E-state index contributed by atoms with van der Waals surface area (Å²) in [5.74, 6) is 0.941. The topological polar surface area (TPSA) is 155 Å². The van der Waals surface area contributed by atoms with Gasteiger partial charge in [-0.15, -0.1) is 4.80 Å². The minimum atomic E-state index is -2.75. The van der Waals surface area contributed by atoms with E-state index in [1.807, 2.05) is 34.9 Å². The lowest BCUT2D eigenvalue weighted by molar-refractivity contribution is 0.0930. The van der Waals surface area contributed by atoms with Crippen molar-refractivity contribution in [3.63, 3.8) is 0 Å². The van der Waals surface area contributed by atoms with Gasteiger partial charge in [-0.2, -0.15) is 10.2 Å². The third kappa shape index (κ3) is 4.38. The van der Waals surface area contributed by atoms with Crippen LogP contribution in [0.4, 0.5) is 14.6 Å². The van der Waals surface area contributed by atoms with Crippen molar-refractivity contribution in [2.75, 3.05) is 5.73 Å². The van der Waals surface area contributed by atoms with Crippen LogP contribution >= 0.6 is 0 Å². The summed E-state index contributed by atoms with van der Waals surface area (Å²) < 4.78 is 27.5. The number of rotatable bonds is 6. The maximum atomic E-state index is 12.8. The molecular formula is C28H21F2N11O. The van der Waals surface area contributed by atoms with Gasteiger partial charge in [0, 0.05) is 11.9 Å². The summed E-state index contributed by atoms with van der Waals surface area (Å²) in [4.78, 5) is 35.6. The van der Waals surface area contributed by atoms with Crippen LogP contribution in [0, 0.1) is 0 Å². The van der Waals surface area contributed by atoms with E-state index in [0.29, 0.717) is 47.0 Å². The lowest BCUT2D eigenvalue weighted by atomic mass is 10.1. The van der Waals surface area contributed by atoms with Crippen LogP contribution < -0.4 is 11.1 Å². The Morgan fingerprint density at radius 2 is 1.86 bits per heavy atom. The molecule has 5 heterocycles. The van der Waals surface area contributed by atoms with Crippen LogP contribution in [0.1, 0.15) is 46.2 Å². The van der Waals surface area contributed by atoms with Crippen molar-refractivity contribution in [2.24, 2.45) is 0 Å². The Morgan fingerprint density at radius 1 is 1.00 bits per heavy atom. The van der Waals surface area contributed by atoms with Crippen molar-refractivity contribution in [2.45, 2.75) is 25.3 Å². The number of pyridine rings is 2. The molecule has 0 radical (unpaired) electrons. The number of aromatic nitrogens is 9. The van der Waals surface area contributed by atoms with E-state index in [1.165, 1.54) is 4.80 Å². The lowest BCUT2D eigenvalue weighted by Gasteiger charge is -2.15. The van der Waals surface area contributed by atoms with E-state index in [0.717, 1.165) is 29.2 Å². The van der Waals surface area contributed by atoms with Crippen molar-refractivity contribution in [1.82, 2.24) is 49.8 Å². The first-order valence-electron chi connectivity index (χ1n) is 13.0. The number of aryl methyl sites for hydroxylation is 1. The molecule has 0 aliphatic heterocycles. The first-order chi connectivity index (χ1) is 20.5. The van der Waals surface area contributed by atoms with Gasteiger partial charge in [0.25, 0.3) is 12.3 Å². The molecule has 3 N–H and O–H groups in total. The predicted molar refractivity (Wildman–Crippen MR) is 147 cm³/mol. The maximum Gasteiger partial charge on any atom is 0.281 e. The van der Waals surface area contributed by atoms with Gasteiger partial charge in [0.15, 0.2) is 17.3 Å². The third-order valence-corrected chi connectivity index (χ3v) is 7.09. The summed E-state index contributed by atoms with van der Waals surface area (Å²) in [7, 11) is 0. The molecule has 1 amide bonds. The van der Waals surface area contributed by atoms with E-state index in [4.69, 9.17) is 15.7 Å². The van der Waals surface area contributed by atoms with Crippen LogP contribution in [0.3, 0.4) is 0 Å². The van der Waals surface area contributed by atoms with E-state index in [2.05, 4.69) is 30.5 Å². The molecule has 14 heteroatoms. The van der Waals surface area contributed by atoms with Gasteiger partial charge in [0.05, 0.1) is 36.4 Å². The number of nitrogens with zero attached hydrogens (tertiary/aromatic N) is 9. The summed E-state index contributed by atoms with van der Waals surface area (Å²) in [5.41, 5.74) is 10.4. The highest BCUT2D eigenvalue weighted by molar-refractivity contribution is 5.92. The van der Waals surface area contributed by atoms with Crippen molar-refractivity contribution >= 4 is 22.9 Å². The Bertz CT molecular complexity index is 1940. The summed E-state index contributed by atoms with van der Waals surface area (Å²) in [6, 6.07) is 12.9. The Kier molecular flexibility index (Phi) is 6.07. The summed E-state index contributed by atoms with van der Waals surface area (Å²) >= 11 is 0. The Balaban J connectivity index is 1.27. The van der Waals surface area contributed by atoms with E-state index < -0.39 is 18.0 Å². The van der Waals surface area contributed by atoms with Crippen molar-refractivity contribution < 1.29 is 13.6 Å². The molecular weight excluding hydrogens is 544 g/mol. The number of nitrogen functional groups attached to an aromatic ring is 1. The predicted octanol–water partition coefficient (Wildman–Crippen LogP) is 3.79. The highest BCUT2D eigenvalue weighted by atomic mass is 19.3. The van der Waals surface area contributed by atoms with Crippen molar-refractivity contribution in [3.05, 3.63) is 96.0 Å². The van der Waals surface area contributed by atoms with Crippen LogP contribution in [-0.2, 0) is 6.42 Å². The second kappa shape index (κ2) is 10.1. The molecule has 0 spiro atoms. The average Bonchev–Trinajstić information content (AvgIpc) is 3.76. The minimum Gasteiger partial charge on any atom is -0.383 e. The molecule has 0 unspecified atom stereocenters. The SMILES string of the molecule is Nc1ncccc1-c1nc2ccc(-n3nccn3)nc2n1-c1ccc2c(c1)CC[C@@H]2NC(=O)c1cnc(C(F)F)cn1. The monoisotopic (exact) mass is 565 g/mol. The molecule has 0 saturated heterocycles. The molecule has 5 aromatic heterocycles. The standard InChI is InChI=1S/C28H21F2N11O/c29-24(30)21-13-34-22(14-33-21)28(42)38-19-6-3-15-12-16(4-5-17(15)19)40-26(18-2-1-9-32-25(18)31)37-20-7-8-23(39-27(20)40)41-35-10-11-36-41/h1-2,4-5,7-14,19,24H,3,6H2,(H2,31,32)(H,38,42)/t19-/m0/s1. The first-order valence-corrected chi connectivity index (χ1v) is 13.0. The Labute approximate surface area is 236 Å². The van der Waals surface area contributed by atoms with E-state index in [9.17, 15) is 13.6 Å². The van der Waals surface area contributed by atoms with Gasteiger partial charge < -0.3 is 11.1 Å². The number of alkyl halides is 2. The molecule has 0 bridgehead atoms. The van der Waals surface area contributed by atoms with Gasteiger partial charge in [0.2, 0.25) is 0 Å². The number of nitrogens with two attached hydrogens (primary N) is 1. The number of hydrogen-bond donors (Lipinski definition) is 2. The van der Waals surface area contributed by atoms with Crippen LogP contribution in [-0.4, -0.2) is 50.4 Å². The molecule has 1 aliphatic rings. The van der Waals surface area contributed by atoms with Gasteiger partial charge in [-0.05, 0) is 60.4 Å². The highest BCUT2D eigenvalue weighted by Gasteiger charge is 2.27.